The van der Waals surface area contributed by atoms with Crippen LogP contribution < -0.4 is 5.73 Å². The largest absolute Gasteiger partial charge is 0.389 e. The molecule has 0 spiro atoms. The van der Waals surface area contributed by atoms with Gasteiger partial charge in [0.1, 0.15) is 0 Å². The molecule has 1 fully saturated rings. The molecule has 1 aliphatic rings. The van der Waals surface area contributed by atoms with Crippen LogP contribution in [0.3, 0.4) is 0 Å². The molecule has 1 saturated heterocycles. The Labute approximate surface area is 76.8 Å². The highest BCUT2D eigenvalue weighted by molar-refractivity contribution is 5.79. The van der Waals surface area contributed by atoms with Gasteiger partial charge in [0.25, 0.3) is 0 Å². The minimum atomic E-state index is -1.03. The summed E-state index contributed by atoms with van der Waals surface area (Å²) in [5.41, 5.74) is 5.05. The second kappa shape index (κ2) is 3.61. The maximum Gasteiger partial charge on any atom is 0.249 e. The molecule has 3 N–H and O–H groups in total. The second-order valence-electron chi connectivity index (χ2n) is 3.38. The SMILES string of the molecule is CC1(C)OC[CH]C(O)C(C(N)=O)O1. The average molecular weight is 188 g/mol. The summed E-state index contributed by atoms with van der Waals surface area (Å²) in [5.74, 6) is -1.59. The molecule has 5 nitrogen and oxygen atoms in total. The van der Waals surface area contributed by atoms with Crippen molar-refractivity contribution in [3.63, 3.8) is 0 Å². The topological polar surface area (TPSA) is 81.8 Å². The van der Waals surface area contributed by atoms with Crippen molar-refractivity contribution < 1.29 is 19.4 Å². The van der Waals surface area contributed by atoms with Crippen LogP contribution in [0.25, 0.3) is 0 Å². The molecule has 0 bridgehead atoms. The van der Waals surface area contributed by atoms with Gasteiger partial charge in [-0.15, -0.1) is 0 Å². The third kappa shape index (κ3) is 2.65. The van der Waals surface area contributed by atoms with Gasteiger partial charge in [0.15, 0.2) is 11.9 Å². The molecule has 1 amide bonds. The van der Waals surface area contributed by atoms with Gasteiger partial charge >= 0.3 is 0 Å². The van der Waals surface area contributed by atoms with Gasteiger partial charge in [-0.3, -0.25) is 4.79 Å². The maximum absolute atomic E-state index is 10.9. The summed E-state index contributed by atoms with van der Waals surface area (Å²) in [7, 11) is 0. The van der Waals surface area contributed by atoms with Crippen LogP contribution in [-0.4, -0.2) is 35.6 Å². The molecule has 0 aromatic rings. The minimum absolute atomic E-state index is 0.234. The molecule has 0 aromatic carbocycles. The number of hydrogen-bond acceptors (Lipinski definition) is 4. The molecule has 5 heteroatoms. The molecule has 75 valence electrons. The zero-order valence-electron chi connectivity index (χ0n) is 7.69. The molecule has 1 heterocycles. The van der Waals surface area contributed by atoms with E-state index >= 15 is 0 Å². The summed E-state index contributed by atoms with van der Waals surface area (Å²) in [6.45, 7) is 3.56. The number of primary amides is 1. The van der Waals surface area contributed by atoms with Gasteiger partial charge in [-0.2, -0.15) is 0 Å². The van der Waals surface area contributed by atoms with Crippen LogP contribution in [0.1, 0.15) is 13.8 Å². The number of aliphatic hydroxyl groups is 1. The van der Waals surface area contributed by atoms with E-state index in [2.05, 4.69) is 0 Å². The monoisotopic (exact) mass is 188 g/mol. The minimum Gasteiger partial charge on any atom is -0.389 e. The third-order valence-corrected chi connectivity index (χ3v) is 1.77. The summed E-state index contributed by atoms with van der Waals surface area (Å²) >= 11 is 0. The Balaban J connectivity index is 2.73. The summed E-state index contributed by atoms with van der Waals surface area (Å²) in [6.07, 6.45) is -0.582. The highest BCUT2D eigenvalue weighted by atomic mass is 16.7. The Morgan fingerprint density at radius 2 is 2.31 bits per heavy atom. The first-order chi connectivity index (χ1) is 5.92. The Morgan fingerprint density at radius 1 is 1.69 bits per heavy atom. The van der Waals surface area contributed by atoms with Gasteiger partial charge in [0.05, 0.1) is 12.7 Å². The Bertz CT molecular complexity index is 204. The second-order valence-corrected chi connectivity index (χ2v) is 3.38. The quantitative estimate of drug-likeness (QED) is 0.563. The summed E-state index contributed by atoms with van der Waals surface area (Å²) in [4.78, 5) is 10.9. The predicted molar refractivity (Wildman–Crippen MR) is 44.4 cm³/mol. The molecular formula is C8H14NO4. The standard InChI is InChI=1S/C8H14NO4/c1-8(2)12-4-3-5(10)6(13-8)7(9)11/h3,5-6,10H,4H2,1-2H3,(H2,9,11). The first-order valence-electron chi connectivity index (χ1n) is 4.05. The highest BCUT2D eigenvalue weighted by Gasteiger charge is 2.36. The van der Waals surface area contributed by atoms with Crippen molar-refractivity contribution in [2.24, 2.45) is 5.73 Å². The van der Waals surface area contributed by atoms with E-state index in [4.69, 9.17) is 15.2 Å². The van der Waals surface area contributed by atoms with Crippen molar-refractivity contribution >= 4 is 5.91 Å². The summed E-state index contributed by atoms with van der Waals surface area (Å²) < 4.78 is 10.4. The van der Waals surface area contributed by atoms with Gasteiger partial charge in [0, 0.05) is 6.42 Å². The van der Waals surface area contributed by atoms with Crippen LogP contribution in [-0.2, 0) is 14.3 Å². The third-order valence-electron chi connectivity index (χ3n) is 1.77. The first-order valence-corrected chi connectivity index (χ1v) is 4.05. The molecule has 1 radical (unpaired) electrons. The van der Waals surface area contributed by atoms with Gasteiger partial charge in [-0.05, 0) is 13.8 Å². The Kier molecular flexibility index (Phi) is 2.90. The van der Waals surface area contributed by atoms with Crippen LogP contribution in [0.2, 0.25) is 0 Å². The number of ether oxygens (including phenoxy) is 2. The van der Waals surface area contributed by atoms with Crippen molar-refractivity contribution in [3.8, 4) is 0 Å². The molecule has 2 unspecified atom stereocenters. The van der Waals surface area contributed by atoms with E-state index in [1.54, 1.807) is 13.8 Å². The number of nitrogens with two attached hydrogens (primary N) is 1. The fourth-order valence-electron chi connectivity index (χ4n) is 1.11. The van der Waals surface area contributed by atoms with Crippen molar-refractivity contribution in [2.45, 2.75) is 31.8 Å². The van der Waals surface area contributed by atoms with Crippen molar-refractivity contribution in [3.05, 3.63) is 6.42 Å². The summed E-state index contributed by atoms with van der Waals surface area (Å²) in [6, 6.07) is 0. The number of aliphatic hydroxyl groups excluding tert-OH is 1. The highest BCUT2D eigenvalue weighted by Crippen LogP contribution is 2.21. The lowest BCUT2D eigenvalue weighted by molar-refractivity contribution is -0.227. The summed E-state index contributed by atoms with van der Waals surface area (Å²) in [5, 5.41) is 9.39. The smallest absolute Gasteiger partial charge is 0.249 e. The van der Waals surface area contributed by atoms with Crippen LogP contribution in [0, 0.1) is 6.42 Å². The predicted octanol–water partition coefficient (Wildman–Crippen LogP) is -0.812. The molecule has 0 aromatic heterocycles. The first kappa shape index (κ1) is 10.4. The maximum atomic E-state index is 10.9. The van der Waals surface area contributed by atoms with Gasteiger partial charge in [-0.25, -0.2) is 0 Å². The van der Waals surface area contributed by atoms with Crippen LogP contribution in [0.5, 0.6) is 0 Å². The van der Waals surface area contributed by atoms with Crippen molar-refractivity contribution in [2.75, 3.05) is 6.61 Å². The van der Waals surface area contributed by atoms with Gasteiger partial charge in [0.2, 0.25) is 5.91 Å². The van der Waals surface area contributed by atoms with E-state index in [1.807, 2.05) is 0 Å². The molecular weight excluding hydrogens is 174 g/mol. The normalized spacial score (nSPS) is 33.8. The number of rotatable bonds is 1. The molecule has 0 saturated carbocycles. The van der Waals surface area contributed by atoms with E-state index in [1.165, 1.54) is 6.42 Å². The number of hydrogen-bond donors (Lipinski definition) is 2. The lowest BCUT2D eigenvalue weighted by atomic mass is 10.1. The van der Waals surface area contributed by atoms with Crippen LogP contribution in [0.15, 0.2) is 0 Å². The Hall–Kier alpha value is -0.650. The lowest BCUT2D eigenvalue weighted by Gasteiger charge is -2.26. The Morgan fingerprint density at radius 3 is 2.85 bits per heavy atom. The zero-order valence-corrected chi connectivity index (χ0v) is 7.69. The fourth-order valence-corrected chi connectivity index (χ4v) is 1.11. The van der Waals surface area contributed by atoms with Crippen LogP contribution >= 0.6 is 0 Å². The lowest BCUT2D eigenvalue weighted by Crippen LogP contribution is -2.44. The van der Waals surface area contributed by atoms with E-state index in [-0.39, 0.29) is 6.61 Å². The molecule has 1 rings (SSSR count). The number of carbonyl (C=O) groups excluding carboxylic acids is 1. The van der Waals surface area contributed by atoms with Crippen molar-refractivity contribution in [1.82, 2.24) is 0 Å². The van der Waals surface area contributed by atoms with E-state index in [9.17, 15) is 9.90 Å². The zero-order chi connectivity index (χ0) is 10.1. The number of amides is 1. The fraction of sp³-hybridized carbons (Fsp3) is 0.750. The average Bonchev–Trinajstić information content (AvgIpc) is 2.10. The van der Waals surface area contributed by atoms with Gasteiger partial charge < -0.3 is 20.3 Å². The number of carbonyl (C=O) groups is 1. The molecule has 1 aliphatic heterocycles. The molecule has 0 aliphatic carbocycles. The molecule has 2 atom stereocenters. The van der Waals surface area contributed by atoms with Gasteiger partial charge in [-0.1, -0.05) is 0 Å². The van der Waals surface area contributed by atoms with E-state index < -0.39 is 23.9 Å². The van der Waals surface area contributed by atoms with Crippen molar-refractivity contribution in [1.29, 1.82) is 0 Å². The van der Waals surface area contributed by atoms with E-state index in [0.717, 1.165) is 0 Å². The van der Waals surface area contributed by atoms with E-state index in [0.29, 0.717) is 0 Å². The molecule has 13 heavy (non-hydrogen) atoms. The van der Waals surface area contributed by atoms with Crippen LogP contribution in [0.4, 0.5) is 0 Å².